The summed E-state index contributed by atoms with van der Waals surface area (Å²) in [6, 6.07) is 0. The summed E-state index contributed by atoms with van der Waals surface area (Å²) >= 11 is 1.20. The van der Waals surface area contributed by atoms with Crippen LogP contribution in [0.5, 0.6) is 0 Å². The first-order valence-corrected chi connectivity index (χ1v) is 6.93. The highest BCUT2D eigenvalue weighted by Gasteiger charge is 2.22. The van der Waals surface area contributed by atoms with E-state index in [9.17, 15) is 9.59 Å². The van der Waals surface area contributed by atoms with E-state index in [2.05, 4.69) is 9.97 Å². The second kappa shape index (κ2) is 7.27. The second-order valence-corrected chi connectivity index (χ2v) is 4.59. The number of aromatic nitrogens is 2. The van der Waals surface area contributed by atoms with Crippen molar-refractivity contribution in [1.29, 1.82) is 0 Å². The molecule has 0 radical (unpaired) electrons. The molecule has 1 heterocycles. The second-order valence-electron chi connectivity index (χ2n) is 3.79. The minimum atomic E-state index is -0.505. The minimum Gasteiger partial charge on any atom is -0.395 e. The molecule has 0 saturated heterocycles. The summed E-state index contributed by atoms with van der Waals surface area (Å²) in [5, 5.41) is 18.2. The number of amides is 1. The number of nitrogens with zero attached hydrogens (tertiary/aromatic N) is 2. The monoisotopic (exact) mass is 287 g/mol. The number of carbonyl (C=O) groups is 1. The number of nitrogens with one attached hydrogen (secondary N) is 1. The van der Waals surface area contributed by atoms with Crippen LogP contribution >= 0.6 is 11.8 Å². The zero-order valence-electron chi connectivity index (χ0n) is 10.8. The highest BCUT2D eigenvalue weighted by Crippen LogP contribution is 2.19. The average molecular weight is 287 g/mol. The van der Waals surface area contributed by atoms with E-state index in [1.807, 2.05) is 0 Å². The van der Waals surface area contributed by atoms with E-state index in [4.69, 9.17) is 10.2 Å². The molecule has 1 aromatic rings. The predicted molar refractivity (Wildman–Crippen MR) is 71.5 cm³/mol. The first-order chi connectivity index (χ1) is 9.04. The van der Waals surface area contributed by atoms with Gasteiger partial charge in [0.05, 0.1) is 18.8 Å². The van der Waals surface area contributed by atoms with Crippen LogP contribution < -0.4 is 5.69 Å². The van der Waals surface area contributed by atoms with Crippen LogP contribution in [0.4, 0.5) is 0 Å². The Bertz CT molecular complexity index is 497. The van der Waals surface area contributed by atoms with Crippen molar-refractivity contribution in [2.75, 3.05) is 32.6 Å². The Morgan fingerprint density at radius 2 is 1.95 bits per heavy atom. The zero-order valence-corrected chi connectivity index (χ0v) is 11.7. The van der Waals surface area contributed by atoms with E-state index in [-0.39, 0.29) is 32.2 Å². The van der Waals surface area contributed by atoms with E-state index in [1.54, 1.807) is 13.2 Å². The van der Waals surface area contributed by atoms with Crippen LogP contribution in [0.1, 0.15) is 16.1 Å². The van der Waals surface area contributed by atoms with Crippen molar-refractivity contribution in [2.45, 2.75) is 11.9 Å². The van der Waals surface area contributed by atoms with Gasteiger partial charge >= 0.3 is 5.69 Å². The van der Waals surface area contributed by atoms with Gasteiger partial charge in [0.15, 0.2) is 0 Å². The average Bonchev–Trinajstić information content (AvgIpc) is 2.36. The van der Waals surface area contributed by atoms with Gasteiger partial charge in [-0.2, -0.15) is 4.98 Å². The topological polar surface area (TPSA) is 107 Å². The molecule has 19 heavy (non-hydrogen) atoms. The number of rotatable bonds is 6. The van der Waals surface area contributed by atoms with Crippen molar-refractivity contribution >= 4 is 17.7 Å². The lowest BCUT2D eigenvalue weighted by molar-refractivity contribution is 0.0679. The van der Waals surface area contributed by atoms with E-state index in [0.717, 1.165) is 0 Å². The van der Waals surface area contributed by atoms with E-state index in [0.29, 0.717) is 16.3 Å². The van der Waals surface area contributed by atoms with Crippen LogP contribution in [-0.2, 0) is 0 Å². The molecule has 1 aromatic heterocycles. The SMILES string of the molecule is CSc1nc(=O)[nH]c(C)c1C(=O)N(CCO)CCO. The Labute approximate surface area is 114 Å². The molecule has 0 spiro atoms. The lowest BCUT2D eigenvalue weighted by Gasteiger charge is -2.22. The number of thioether (sulfide) groups is 1. The van der Waals surface area contributed by atoms with Gasteiger partial charge in [-0.25, -0.2) is 4.79 Å². The maximum atomic E-state index is 12.4. The van der Waals surface area contributed by atoms with Crippen LogP contribution in [0.3, 0.4) is 0 Å². The molecule has 0 aromatic carbocycles. The van der Waals surface area contributed by atoms with Crippen molar-refractivity contribution in [3.8, 4) is 0 Å². The number of aliphatic hydroxyl groups is 2. The van der Waals surface area contributed by atoms with Crippen molar-refractivity contribution in [1.82, 2.24) is 14.9 Å². The molecule has 7 nitrogen and oxygen atoms in total. The Hall–Kier alpha value is -1.38. The summed E-state index contributed by atoms with van der Waals surface area (Å²) in [6.45, 7) is 1.45. The molecule has 8 heteroatoms. The first-order valence-electron chi connectivity index (χ1n) is 5.71. The molecule has 1 rings (SSSR count). The van der Waals surface area contributed by atoms with Crippen LogP contribution in [0.25, 0.3) is 0 Å². The third kappa shape index (κ3) is 3.79. The first kappa shape index (κ1) is 15.7. The normalized spacial score (nSPS) is 10.5. The zero-order chi connectivity index (χ0) is 14.4. The predicted octanol–water partition coefficient (Wildman–Crippen LogP) is -0.773. The molecule has 0 atom stereocenters. The number of H-pyrrole nitrogens is 1. The molecular weight excluding hydrogens is 270 g/mol. The highest BCUT2D eigenvalue weighted by atomic mass is 32.2. The number of aliphatic hydroxyl groups excluding tert-OH is 2. The van der Waals surface area contributed by atoms with Gasteiger partial charge in [-0.1, -0.05) is 0 Å². The summed E-state index contributed by atoms with van der Waals surface area (Å²) in [7, 11) is 0. The molecule has 1 amide bonds. The van der Waals surface area contributed by atoms with Gasteiger partial charge in [-0.05, 0) is 13.2 Å². The smallest absolute Gasteiger partial charge is 0.346 e. The van der Waals surface area contributed by atoms with Crippen molar-refractivity contribution in [2.24, 2.45) is 0 Å². The number of aromatic amines is 1. The summed E-state index contributed by atoms with van der Waals surface area (Å²) < 4.78 is 0. The molecule has 0 aliphatic carbocycles. The molecule has 0 aliphatic rings. The van der Waals surface area contributed by atoms with Gasteiger partial charge in [-0.3, -0.25) is 4.79 Å². The Morgan fingerprint density at radius 3 is 2.42 bits per heavy atom. The fourth-order valence-electron chi connectivity index (χ4n) is 1.67. The van der Waals surface area contributed by atoms with Gasteiger partial charge in [0.2, 0.25) is 0 Å². The van der Waals surface area contributed by atoms with E-state index >= 15 is 0 Å². The van der Waals surface area contributed by atoms with Gasteiger partial charge in [0, 0.05) is 18.8 Å². The van der Waals surface area contributed by atoms with Gasteiger partial charge in [0.25, 0.3) is 5.91 Å². The van der Waals surface area contributed by atoms with Crippen LogP contribution in [0.2, 0.25) is 0 Å². The largest absolute Gasteiger partial charge is 0.395 e. The third-order valence-corrected chi connectivity index (χ3v) is 3.20. The summed E-state index contributed by atoms with van der Waals surface area (Å²) in [6.07, 6.45) is 1.72. The molecule has 0 fully saturated rings. The van der Waals surface area contributed by atoms with E-state index in [1.165, 1.54) is 16.7 Å². The highest BCUT2D eigenvalue weighted by molar-refractivity contribution is 7.98. The van der Waals surface area contributed by atoms with Gasteiger partial charge in [-0.15, -0.1) is 11.8 Å². The van der Waals surface area contributed by atoms with Crippen molar-refractivity contribution < 1.29 is 15.0 Å². The summed E-state index contributed by atoms with van der Waals surface area (Å²) in [5.74, 6) is -0.367. The molecule has 0 saturated carbocycles. The molecule has 0 unspecified atom stereocenters. The third-order valence-electron chi connectivity index (χ3n) is 2.52. The Kier molecular flexibility index (Phi) is 6.00. The minimum absolute atomic E-state index is 0.117. The van der Waals surface area contributed by atoms with Gasteiger partial charge in [0.1, 0.15) is 5.03 Å². The number of hydrogen-bond donors (Lipinski definition) is 3. The number of aryl methyl sites for hydroxylation is 1. The maximum Gasteiger partial charge on any atom is 0.346 e. The summed E-state index contributed by atoms with van der Waals surface area (Å²) in [5.41, 5.74) is 0.221. The molecule has 3 N–H and O–H groups in total. The number of hydrogen-bond acceptors (Lipinski definition) is 6. The standard InChI is InChI=1S/C11H17N3O4S/c1-7-8(9(19-2)13-11(18)12-7)10(17)14(3-5-15)4-6-16/h15-16H,3-6H2,1-2H3,(H,12,13,18). The van der Waals surface area contributed by atoms with Crippen molar-refractivity contribution in [3.63, 3.8) is 0 Å². The van der Waals surface area contributed by atoms with Crippen molar-refractivity contribution in [3.05, 3.63) is 21.7 Å². The molecule has 0 aliphatic heterocycles. The lowest BCUT2D eigenvalue weighted by Crippen LogP contribution is -2.37. The fraction of sp³-hybridized carbons (Fsp3) is 0.545. The molecular formula is C11H17N3O4S. The number of carbonyl (C=O) groups excluding carboxylic acids is 1. The van der Waals surface area contributed by atoms with E-state index < -0.39 is 5.69 Å². The Balaban J connectivity index is 3.19. The summed E-state index contributed by atoms with van der Waals surface area (Å²) in [4.78, 5) is 31.2. The van der Waals surface area contributed by atoms with Gasteiger partial charge < -0.3 is 20.1 Å². The van der Waals surface area contributed by atoms with Crippen LogP contribution in [0, 0.1) is 6.92 Å². The fourth-order valence-corrected chi connectivity index (χ4v) is 2.29. The molecule has 0 bridgehead atoms. The maximum absolute atomic E-state index is 12.4. The van der Waals surface area contributed by atoms with Crippen LogP contribution in [0.15, 0.2) is 9.82 Å². The lowest BCUT2D eigenvalue weighted by atomic mass is 10.2. The Morgan fingerprint density at radius 1 is 1.37 bits per heavy atom. The molecule has 106 valence electrons. The van der Waals surface area contributed by atoms with Crippen LogP contribution in [-0.4, -0.2) is 63.5 Å². The quantitative estimate of drug-likeness (QED) is 0.468.